The minimum Gasteiger partial charge on any atom is -0.495 e. The number of benzene rings is 1. The van der Waals surface area contributed by atoms with Gasteiger partial charge in [-0.15, -0.1) is 11.3 Å². The van der Waals surface area contributed by atoms with E-state index < -0.39 is 6.10 Å². The fourth-order valence-electron chi connectivity index (χ4n) is 1.70. The second kappa shape index (κ2) is 5.69. The van der Waals surface area contributed by atoms with Crippen LogP contribution in [0.5, 0.6) is 5.75 Å². The molecule has 0 aliphatic heterocycles. The zero-order chi connectivity index (χ0) is 13.1. The predicted octanol–water partition coefficient (Wildman–Crippen LogP) is 3.39. The van der Waals surface area contributed by atoms with Crippen LogP contribution in [0, 0.1) is 6.92 Å². The second-order valence-electron chi connectivity index (χ2n) is 3.97. The fourth-order valence-corrected chi connectivity index (χ4v) is 2.52. The average molecular weight is 284 g/mol. The summed E-state index contributed by atoms with van der Waals surface area (Å²) in [6.07, 6.45) is -0.104. The van der Waals surface area contributed by atoms with E-state index in [1.54, 1.807) is 36.6 Å². The van der Waals surface area contributed by atoms with Gasteiger partial charge in [0.2, 0.25) is 0 Å². The normalized spacial score (nSPS) is 12.4. The number of nitrogens with zero attached hydrogens (tertiary/aromatic N) is 1. The number of ether oxygens (including phenoxy) is 1. The molecule has 1 N–H and O–H groups in total. The zero-order valence-corrected chi connectivity index (χ0v) is 11.8. The first-order chi connectivity index (χ1) is 8.60. The molecule has 18 heavy (non-hydrogen) atoms. The summed E-state index contributed by atoms with van der Waals surface area (Å²) in [6.45, 7) is 1.95. The molecule has 0 spiro atoms. The summed E-state index contributed by atoms with van der Waals surface area (Å²) in [5.41, 5.74) is 1.68. The molecule has 96 valence electrons. The van der Waals surface area contributed by atoms with Crippen molar-refractivity contribution in [1.82, 2.24) is 4.98 Å². The SMILES string of the molecule is COc1cc(C(O)Cc2csc(C)n2)ccc1Cl. The zero-order valence-electron chi connectivity index (χ0n) is 10.2. The molecular weight excluding hydrogens is 270 g/mol. The number of aliphatic hydroxyl groups is 1. The van der Waals surface area contributed by atoms with Gasteiger partial charge in [0.25, 0.3) is 0 Å². The lowest BCUT2D eigenvalue weighted by Crippen LogP contribution is -2.02. The summed E-state index contributed by atoms with van der Waals surface area (Å²) >= 11 is 7.53. The number of halogens is 1. The van der Waals surface area contributed by atoms with E-state index >= 15 is 0 Å². The minimum atomic E-state index is -0.599. The van der Waals surface area contributed by atoms with Crippen molar-refractivity contribution in [2.24, 2.45) is 0 Å². The van der Waals surface area contributed by atoms with Gasteiger partial charge in [0, 0.05) is 11.8 Å². The quantitative estimate of drug-likeness (QED) is 0.935. The number of hydrogen-bond donors (Lipinski definition) is 1. The molecule has 1 unspecified atom stereocenters. The molecule has 1 heterocycles. The molecule has 0 bridgehead atoms. The highest BCUT2D eigenvalue weighted by molar-refractivity contribution is 7.09. The topological polar surface area (TPSA) is 42.4 Å². The average Bonchev–Trinajstić information content (AvgIpc) is 2.75. The van der Waals surface area contributed by atoms with Crippen LogP contribution in [0.15, 0.2) is 23.6 Å². The lowest BCUT2D eigenvalue weighted by atomic mass is 10.1. The molecule has 0 aliphatic carbocycles. The van der Waals surface area contributed by atoms with Crippen LogP contribution in [-0.4, -0.2) is 17.2 Å². The van der Waals surface area contributed by atoms with Gasteiger partial charge in [-0.2, -0.15) is 0 Å². The monoisotopic (exact) mass is 283 g/mol. The Morgan fingerprint density at radius 1 is 1.50 bits per heavy atom. The molecule has 1 aromatic heterocycles. The Balaban J connectivity index is 2.15. The third-order valence-corrected chi connectivity index (χ3v) is 3.76. The third kappa shape index (κ3) is 3.02. The highest BCUT2D eigenvalue weighted by Gasteiger charge is 2.12. The first-order valence-corrected chi connectivity index (χ1v) is 6.78. The van der Waals surface area contributed by atoms with E-state index in [4.69, 9.17) is 16.3 Å². The summed E-state index contributed by atoms with van der Waals surface area (Å²) in [6, 6.07) is 5.28. The van der Waals surface area contributed by atoms with E-state index in [9.17, 15) is 5.11 Å². The Bertz CT molecular complexity index is 542. The van der Waals surface area contributed by atoms with Crippen molar-refractivity contribution in [3.8, 4) is 5.75 Å². The molecule has 0 aliphatic rings. The maximum Gasteiger partial charge on any atom is 0.137 e. The van der Waals surface area contributed by atoms with E-state index in [2.05, 4.69) is 4.98 Å². The lowest BCUT2D eigenvalue weighted by molar-refractivity contribution is 0.177. The van der Waals surface area contributed by atoms with Crippen molar-refractivity contribution >= 4 is 22.9 Å². The van der Waals surface area contributed by atoms with Crippen molar-refractivity contribution in [2.45, 2.75) is 19.4 Å². The van der Waals surface area contributed by atoms with Gasteiger partial charge in [-0.25, -0.2) is 4.98 Å². The van der Waals surface area contributed by atoms with E-state index in [1.165, 1.54) is 0 Å². The van der Waals surface area contributed by atoms with Gasteiger partial charge in [0.1, 0.15) is 5.75 Å². The number of aromatic nitrogens is 1. The Kier molecular flexibility index (Phi) is 4.22. The van der Waals surface area contributed by atoms with Crippen LogP contribution >= 0.6 is 22.9 Å². The number of hydrogen-bond acceptors (Lipinski definition) is 4. The van der Waals surface area contributed by atoms with Crippen molar-refractivity contribution in [3.63, 3.8) is 0 Å². The number of aryl methyl sites for hydroxylation is 1. The van der Waals surface area contributed by atoms with Crippen LogP contribution in [0.1, 0.15) is 22.4 Å². The summed E-state index contributed by atoms with van der Waals surface area (Å²) in [5.74, 6) is 0.572. The van der Waals surface area contributed by atoms with Crippen molar-refractivity contribution < 1.29 is 9.84 Å². The van der Waals surface area contributed by atoms with Crippen LogP contribution in [0.25, 0.3) is 0 Å². The summed E-state index contributed by atoms with van der Waals surface area (Å²) in [7, 11) is 1.56. The lowest BCUT2D eigenvalue weighted by Gasteiger charge is -2.11. The molecule has 3 nitrogen and oxygen atoms in total. The molecule has 0 amide bonds. The molecule has 2 rings (SSSR count). The molecule has 0 saturated heterocycles. The minimum absolute atomic E-state index is 0.495. The first kappa shape index (κ1) is 13.3. The van der Waals surface area contributed by atoms with Crippen LogP contribution in [-0.2, 0) is 6.42 Å². The Morgan fingerprint density at radius 3 is 2.89 bits per heavy atom. The smallest absolute Gasteiger partial charge is 0.137 e. The van der Waals surface area contributed by atoms with Crippen molar-refractivity contribution in [3.05, 3.63) is 44.9 Å². The molecule has 1 atom stereocenters. The van der Waals surface area contributed by atoms with Gasteiger partial charge in [-0.1, -0.05) is 17.7 Å². The van der Waals surface area contributed by atoms with Gasteiger partial charge in [-0.3, -0.25) is 0 Å². The van der Waals surface area contributed by atoms with Crippen LogP contribution < -0.4 is 4.74 Å². The molecule has 0 fully saturated rings. The summed E-state index contributed by atoms with van der Waals surface area (Å²) in [4.78, 5) is 4.34. The maximum atomic E-state index is 10.2. The van der Waals surface area contributed by atoms with E-state index in [1.807, 2.05) is 12.3 Å². The molecule has 0 radical (unpaired) electrons. The standard InChI is InChI=1S/C13H14ClNO2S/c1-8-15-10(7-18-8)6-12(16)9-3-4-11(14)13(5-9)17-2/h3-5,7,12,16H,6H2,1-2H3. The summed E-state index contributed by atoms with van der Waals surface area (Å²) < 4.78 is 5.13. The Morgan fingerprint density at radius 2 is 2.28 bits per heavy atom. The van der Waals surface area contributed by atoms with E-state index in [-0.39, 0.29) is 0 Å². The second-order valence-corrected chi connectivity index (χ2v) is 5.44. The van der Waals surface area contributed by atoms with Gasteiger partial charge in [-0.05, 0) is 24.6 Å². The largest absolute Gasteiger partial charge is 0.495 e. The van der Waals surface area contributed by atoms with Crippen LogP contribution in [0.3, 0.4) is 0 Å². The summed E-state index contributed by atoms with van der Waals surface area (Å²) in [5, 5.41) is 13.7. The van der Waals surface area contributed by atoms with Gasteiger partial charge >= 0.3 is 0 Å². The number of thiazole rings is 1. The van der Waals surface area contributed by atoms with Gasteiger partial charge in [0.05, 0.1) is 28.9 Å². The molecular formula is C13H14ClNO2S. The molecule has 0 saturated carbocycles. The number of aliphatic hydroxyl groups excluding tert-OH is 1. The fraction of sp³-hybridized carbons (Fsp3) is 0.308. The van der Waals surface area contributed by atoms with E-state index in [0.717, 1.165) is 16.3 Å². The number of methoxy groups -OCH3 is 1. The highest BCUT2D eigenvalue weighted by Crippen LogP contribution is 2.29. The Hall–Kier alpha value is -1.10. The van der Waals surface area contributed by atoms with Crippen molar-refractivity contribution in [1.29, 1.82) is 0 Å². The number of rotatable bonds is 4. The third-order valence-electron chi connectivity index (χ3n) is 2.63. The highest BCUT2D eigenvalue weighted by atomic mass is 35.5. The molecule has 2 aromatic rings. The Labute approximate surface area is 115 Å². The van der Waals surface area contributed by atoms with Crippen molar-refractivity contribution in [2.75, 3.05) is 7.11 Å². The van der Waals surface area contributed by atoms with Gasteiger partial charge < -0.3 is 9.84 Å². The van der Waals surface area contributed by atoms with E-state index in [0.29, 0.717) is 17.2 Å². The predicted molar refractivity (Wildman–Crippen MR) is 73.5 cm³/mol. The van der Waals surface area contributed by atoms with Crippen LogP contribution in [0.4, 0.5) is 0 Å². The van der Waals surface area contributed by atoms with Gasteiger partial charge in [0.15, 0.2) is 0 Å². The van der Waals surface area contributed by atoms with Crippen LogP contribution in [0.2, 0.25) is 5.02 Å². The maximum absolute atomic E-state index is 10.2. The first-order valence-electron chi connectivity index (χ1n) is 5.52. The molecule has 1 aromatic carbocycles. The molecule has 5 heteroatoms.